The molecule has 3 aromatic carbocycles. The normalized spacial score (nSPS) is 13.5. The van der Waals surface area contributed by atoms with Crippen LogP contribution in [0.15, 0.2) is 77.7 Å². The minimum atomic E-state index is -4.16. The zero-order chi connectivity index (χ0) is 35.9. The Morgan fingerprint density at radius 2 is 1.60 bits per heavy atom. The van der Waals surface area contributed by atoms with Crippen LogP contribution in [0, 0.1) is 0 Å². The van der Waals surface area contributed by atoms with Crippen molar-refractivity contribution in [3.8, 4) is 23.1 Å². The number of anilines is 3. The fourth-order valence-electron chi connectivity index (χ4n) is 5.13. The number of carbonyl (C=O) groups is 1. The number of sulfonamides is 1. The Bertz CT molecular complexity index is 1870. The molecular formula is C37H45N5O7S. The molecule has 1 aliphatic heterocycles. The van der Waals surface area contributed by atoms with Crippen LogP contribution in [-0.4, -0.2) is 64.3 Å². The first-order chi connectivity index (χ1) is 23.8. The van der Waals surface area contributed by atoms with Crippen LogP contribution in [0.25, 0.3) is 0 Å². The molecule has 0 atom stereocenters. The molecule has 1 amide bonds. The summed E-state index contributed by atoms with van der Waals surface area (Å²) in [6.07, 6.45) is -0.0158. The fourth-order valence-corrected chi connectivity index (χ4v) is 6.14. The van der Waals surface area contributed by atoms with Gasteiger partial charge in [-0.2, -0.15) is 9.97 Å². The molecule has 1 saturated heterocycles. The average Bonchev–Trinajstić information content (AvgIpc) is 3.09. The third-order valence-corrected chi connectivity index (χ3v) is 9.44. The van der Waals surface area contributed by atoms with Crippen molar-refractivity contribution in [2.24, 2.45) is 0 Å². The number of hydrogen-bond acceptors (Lipinski definition) is 10. The van der Waals surface area contributed by atoms with Crippen molar-refractivity contribution in [2.45, 2.75) is 57.3 Å². The summed E-state index contributed by atoms with van der Waals surface area (Å²) in [5, 5.41) is 2.89. The van der Waals surface area contributed by atoms with Crippen LogP contribution in [0.5, 0.6) is 23.1 Å². The van der Waals surface area contributed by atoms with Crippen LogP contribution < -0.4 is 29.1 Å². The van der Waals surface area contributed by atoms with Gasteiger partial charge in [0.15, 0.2) is 17.3 Å². The number of hydrogen-bond donors (Lipinski definition) is 2. The van der Waals surface area contributed by atoms with Gasteiger partial charge in [0.2, 0.25) is 17.6 Å². The molecule has 12 nitrogen and oxygen atoms in total. The predicted molar refractivity (Wildman–Crippen MR) is 193 cm³/mol. The Kier molecular flexibility index (Phi) is 11.5. The van der Waals surface area contributed by atoms with Gasteiger partial charge in [-0.15, -0.1) is 0 Å². The van der Waals surface area contributed by atoms with Crippen LogP contribution in [-0.2, 0) is 25.0 Å². The topological polar surface area (TPSA) is 141 Å². The van der Waals surface area contributed by atoms with Crippen LogP contribution in [0.1, 0.15) is 58.1 Å². The number of nitrogens with zero attached hydrogens (tertiary/aromatic N) is 3. The highest BCUT2D eigenvalue weighted by molar-refractivity contribution is 7.92. The van der Waals surface area contributed by atoms with E-state index < -0.39 is 10.0 Å². The maximum atomic E-state index is 13.8. The van der Waals surface area contributed by atoms with Gasteiger partial charge in [-0.25, -0.2) is 8.42 Å². The molecule has 0 spiro atoms. The number of carbonyl (C=O) groups excluding carboxylic acids is 1. The Hall–Kier alpha value is -4.88. The number of benzene rings is 3. The van der Waals surface area contributed by atoms with Gasteiger partial charge in [-0.05, 0) is 58.9 Å². The highest BCUT2D eigenvalue weighted by atomic mass is 32.2. The monoisotopic (exact) mass is 703 g/mol. The first-order valence-corrected chi connectivity index (χ1v) is 18.0. The Morgan fingerprint density at radius 1 is 0.940 bits per heavy atom. The highest BCUT2D eigenvalue weighted by Gasteiger charge is 2.28. The second-order valence-corrected chi connectivity index (χ2v) is 14.8. The molecule has 50 heavy (non-hydrogen) atoms. The molecule has 0 radical (unpaired) electrons. The average molecular weight is 704 g/mol. The van der Waals surface area contributed by atoms with Crippen LogP contribution in [0.4, 0.5) is 17.5 Å². The Morgan fingerprint density at radius 3 is 2.22 bits per heavy atom. The van der Waals surface area contributed by atoms with E-state index in [-0.39, 0.29) is 58.4 Å². The minimum absolute atomic E-state index is 0.0158. The zero-order valence-electron chi connectivity index (χ0n) is 29.4. The molecule has 0 saturated carbocycles. The first kappa shape index (κ1) is 36.4. The van der Waals surface area contributed by atoms with E-state index in [9.17, 15) is 13.2 Å². The molecule has 1 aromatic heterocycles. The smallest absolute Gasteiger partial charge is 0.265 e. The van der Waals surface area contributed by atoms with Crippen molar-refractivity contribution in [3.63, 3.8) is 0 Å². The summed E-state index contributed by atoms with van der Waals surface area (Å²) >= 11 is 0. The van der Waals surface area contributed by atoms with Gasteiger partial charge >= 0.3 is 0 Å². The molecule has 4 aromatic rings. The lowest BCUT2D eigenvalue weighted by atomic mass is 9.87. The quantitative estimate of drug-likeness (QED) is 0.154. The van der Waals surface area contributed by atoms with Crippen LogP contribution >= 0.6 is 0 Å². The number of amides is 1. The van der Waals surface area contributed by atoms with E-state index >= 15 is 0 Å². The number of rotatable bonds is 13. The van der Waals surface area contributed by atoms with Gasteiger partial charge in [-0.1, -0.05) is 71.0 Å². The Labute approximate surface area is 294 Å². The molecule has 1 fully saturated rings. The predicted octanol–water partition coefficient (Wildman–Crippen LogP) is 6.74. The molecule has 1 aliphatic rings. The zero-order valence-corrected chi connectivity index (χ0v) is 30.2. The van der Waals surface area contributed by atoms with Gasteiger partial charge in [0.25, 0.3) is 15.9 Å². The number of methoxy groups -OCH3 is 1. The van der Waals surface area contributed by atoms with E-state index in [2.05, 4.69) is 54.6 Å². The van der Waals surface area contributed by atoms with Crippen LogP contribution in [0.3, 0.4) is 0 Å². The molecule has 0 unspecified atom stereocenters. The van der Waals surface area contributed by atoms with Crippen molar-refractivity contribution < 1.29 is 32.2 Å². The summed E-state index contributed by atoms with van der Waals surface area (Å²) < 4.78 is 53.7. The molecule has 2 heterocycles. The highest BCUT2D eigenvalue weighted by Crippen LogP contribution is 2.42. The Balaban J connectivity index is 1.48. The number of aromatic nitrogens is 2. The lowest BCUT2D eigenvalue weighted by molar-refractivity contribution is -0.116. The van der Waals surface area contributed by atoms with Crippen molar-refractivity contribution in [2.75, 3.05) is 55.0 Å². The van der Waals surface area contributed by atoms with E-state index in [4.69, 9.17) is 18.9 Å². The lowest BCUT2D eigenvalue weighted by Crippen LogP contribution is -2.37. The summed E-state index contributed by atoms with van der Waals surface area (Å²) in [5.74, 6) is 0.706. The summed E-state index contributed by atoms with van der Waals surface area (Å²) in [4.78, 5) is 24.1. The SMILES string of the molecule is COc1ccccc1Oc1c(NS(=O)(=O)c2ccc(C(C)(C)C)cc2)nc(N2CCOCC2)nc1OCCC(=O)Nc1ccc(C(C)C)cc1. The maximum absolute atomic E-state index is 13.8. The van der Waals surface area contributed by atoms with E-state index in [1.54, 1.807) is 48.5 Å². The van der Waals surface area contributed by atoms with Crippen molar-refractivity contribution in [1.82, 2.24) is 9.97 Å². The maximum Gasteiger partial charge on any atom is 0.265 e. The molecule has 13 heteroatoms. The third-order valence-electron chi connectivity index (χ3n) is 8.09. The lowest BCUT2D eigenvalue weighted by Gasteiger charge is -2.28. The van der Waals surface area contributed by atoms with Gasteiger partial charge in [0.1, 0.15) is 0 Å². The van der Waals surface area contributed by atoms with E-state index in [0.717, 1.165) is 5.56 Å². The number of morpholine rings is 1. The van der Waals surface area contributed by atoms with Gasteiger partial charge in [0.05, 0.1) is 38.2 Å². The second kappa shape index (κ2) is 15.8. The van der Waals surface area contributed by atoms with Crippen molar-refractivity contribution >= 4 is 33.4 Å². The third kappa shape index (κ3) is 9.21. The summed E-state index contributed by atoms with van der Waals surface area (Å²) in [6.45, 7) is 12.1. The fraction of sp³-hybridized carbons (Fsp3) is 0.378. The molecule has 0 aliphatic carbocycles. The van der Waals surface area contributed by atoms with Crippen molar-refractivity contribution in [1.29, 1.82) is 0 Å². The summed E-state index contributed by atoms with van der Waals surface area (Å²) in [7, 11) is -2.66. The molecule has 266 valence electrons. The first-order valence-electron chi connectivity index (χ1n) is 16.6. The van der Waals surface area contributed by atoms with E-state index in [1.165, 1.54) is 12.7 Å². The van der Waals surface area contributed by atoms with Gasteiger partial charge in [-0.3, -0.25) is 9.52 Å². The number of nitrogens with one attached hydrogen (secondary N) is 2. The van der Waals surface area contributed by atoms with Crippen molar-refractivity contribution in [3.05, 3.63) is 83.9 Å². The summed E-state index contributed by atoms with van der Waals surface area (Å²) in [6, 6.07) is 21.3. The molecule has 5 rings (SSSR count). The molecule has 2 N–H and O–H groups in total. The minimum Gasteiger partial charge on any atom is -0.493 e. The molecular weight excluding hydrogens is 659 g/mol. The summed E-state index contributed by atoms with van der Waals surface area (Å²) in [5.41, 5.74) is 2.67. The van der Waals surface area contributed by atoms with Gasteiger partial charge < -0.3 is 29.2 Å². The second-order valence-electron chi connectivity index (χ2n) is 13.2. The van der Waals surface area contributed by atoms with E-state index in [0.29, 0.717) is 43.7 Å². The molecule has 0 bridgehead atoms. The number of para-hydroxylation sites is 2. The van der Waals surface area contributed by atoms with Gasteiger partial charge in [0, 0.05) is 18.8 Å². The van der Waals surface area contributed by atoms with E-state index in [1.807, 2.05) is 29.2 Å². The number of ether oxygens (including phenoxy) is 4. The largest absolute Gasteiger partial charge is 0.493 e. The van der Waals surface area contributed by atoms with Crippen LogP contribution in [0.2, 0.25) is 0 Å². The standard InChI is InChI=1S/C37H45N5O7S/c1-25(2)26-11-15-28(16-12-26)38-32(43)19-22-48-35-33(49-31-10-8-7-9-30(31)46-6)34(39-36(40-35)42-20-23-47-24-21-42)41-50(44,45)29-17-13-27(14-18-29)37(3,4)5/h7-18,25H,19-24H2,1-6H3,(H,38,43)(H,39,40,41).